The van der Waals surface area contributed by atoms with Crippen molar-refractivity contribution in [1.29, 1.82) is 0 Å². The van der Waals surface area contributed by atoms with E-state index in [1.807, 2.05) is 0 Å². The molecule has 0 aliphatic heterocycles. The first-order valence-electron chi connectivity index (χ1n) is 5.54. The highest BCUT2D eigenvalue weighted by atomic mass is 79.9. The summed E-state index contributed by atoms with van der Waals surface area (Å²) in [5.74, 6) is -0.335. The molecule has 2 aromatic carbocycles. The van der Waals surface area contributed by atoms with Crippen molar-refractivity contribution in [1.82, 2.24) is 0 Å². The molecule has 2 nitrogen and oxygen atoms in total. The van der Waals surface area contributed by atoms with E-state index < -0.39 is 6.10 Å². The van der Waals surface area contributed by atoms with E-state index in [1.54, 1.807) is 36.4 Å². The molecule has 0 bridgehead atoms. The molecule has 0 amide bonds. The Kier molecular flexibility index (Phi) is 3.99. The lowest BCUT2D eigenvalue weighted by Gasteiger charge is -2.14. The molecule has 2 rings (SSSR count). The monoisotopic (exact) mass is 309 g/mol. The Morgan fingerprint density at radius 1 is 1.22 bits per heavy atom. The molecular formula is C14H13BrFNO. The van der Waals surface area contributed by atoms with Crippen LogP contribution >= 0.6 is 15.9 Å². The topological polar surface area (TPSA) is 46.2 Å². The Bertz CT molecular complexity index is 559. The van der Waals surface area contributed by atoms with Crippen LogP contribution in [0.5, 0.6) is 0 Å². The summed E-state index contributed by atoms with van der Waals surface area (Å²) in [5, 5.41) is 10.1. The summed E-state index contributed by atoms with van der Waals surface area (Å²) in [6, 6.07) is 11.9. The highest BCUT2D eigenvalue weighted by Crippen LogP contribution is 2.25. The van der Waals surface area contributed by atoms with Crippen LogP contribution in [0.25, 0.3) is 0 Å². The Labute approximate surface area is 113 Å². The molecule has 0 aromatic heterocycles. The number of halogens is 2. The summed E-state index contributed by atoms with van der Waals surface area (Å²) in [6.45, 7) is 0. The first kappa shape index (κ1) is 13.1. The molecule has 0 radical (unpaired) electrons. The lowest BCUT2D eigenvalue weighted by atomic mass is 10.00. The molecule has 0 saturated heterocycles. The summed E-state index contributed by atoms with van der Waals surface area (Å²) in [5.41, 5.74) is 7.38. The Morgan fingerprint density at radius 3 is 2.61 bits per heavy atom. The van der Waals surface area contributed by atoms with Gasteiger partial charge in [-0.3, -0.25) is 0 Å². The van der Waals surface area contributed by atoms with E-state index >= 15 is 0 Å². The van der Waals surface area contributed by atoms with Crippen LogP contribution in [0.2, 0.25) is 0 Å². The zero-order valence-corrected chi connectivity index (χ0v) is 11.2. The van der Waals surface area contributed by atoms with Gasteiger partial charge in [0, 0.05) is 22.1 Å². The van der Waals surface area contributed by atoms with Gasteiger partial charge in [-0.15, -0.1) is 0 Å². The minimum absolute atomic E-state index is 0.202. The van der Waals surface area contributed by atoms with E-state index in [4.69, 9.17) is 5.73 Å². The maximum atomic E-state index is 13.7. The molecular weight excluding hydrogens is 297 g/mol. The number of nitrogens with two attached hydrogens (primary N) is 1. The smallest absolute Gasteiger partial charge is 0.127 e. The number of anilines is 1. The van der Waals surface area contributed by atoms with Crippen LogP contribution in [0.1, 0.15) is 17.2 Å². The fourth-order valence-corrected chi connectivity index (χ4v) is 2.15. The fraction of sp³-hybridized carbons (Fsp3) is 0.143. The second kappa shape index (κ2) is 5.50. The quantitative estimate of drug-likeness (QED) is 0.853. The Balaban J connectivity index is 2.21. The van der Waals surface area contributed by atoms with Gasteiger partial charge in [-0.05, 0) is 23.8 Å². The lowest BCUT2D eigenvalue weighted by molar-refractivity contribution is 0.178. The summed E-state index contributed by atoms with van der Waals surface area (Å²) in [4.78, 5) is 0. The lowest BCUT2D eigenvalue weighted by Crippen LogP contribution is -2.06. The van der Waals surface area contributed by atoms with Crippen LogP contribution in [-0.2, 0) is 6.42 Å². The molecule has 0 heterocycles. The van der Waals surface area contributed by atoms with Gasteiger partial charge in [0.15, 0.2) is 0 Å². The van der Waals surface area contributed by atoms with Gasteiger partial charge >= 0.3 is 0 Å². The molecule has 2 aromatic rings. The number of hydrogen-bond acceptors (Lipinski definition) is 2. The normalized spacial score (nSPS) is 12.4. The number of para-hydroxylation sites is 1. The zero-order chi connectivity index (χ0) is 13.1. The summed E-state index contributed by atoms with van der Waals surface area (Å²) in [7, 11) is 0. The molecule has 4 heteroatoms. The van der Waals surface area contributed by atoms with Crippen molar-refractivity contribution in [3.05, 3.63) is 63.9 Å². The van der Waals surface area contributed by atoms with Crippen molar-refractivity contribution in [2.24, 2.45) is 0 Å². The zero-order valence-electron chi connectivity index (χ0n) is 9.61. The molecule has 18 heavy (non-hydrogen) atoms. The van der Waals surface area contributed by atoms with Crippen molar-refractivity contribution < 1.29 is 9.50 Å². The van der Waals surface area contributed by atoms with Crippen LogP contribution in [-0.4, -0.2) is 5.11 Å². The highest BCUT2D eigenvalue weighted by molar-refractivity contribution is 9.10. The molecule has 0 aliphatic carbocycles. The van der Waals surface area contributed by atoms with Crippen LogP contribution in [0.15, 0.2) is 46.9 Å². The first-order valence-corrected chi connectivity index (χ1v) is 6.33. The molecule has 1 atom stereocenters. The van der Waals surface area contributed by atoms with E-state index in [2.05, 4.69) is 15.9 Å². The van der Waals surface area contributed by atoms with Gasteiger partial charge in [0.1, 0.15) is 5.82 Å². The third-order valence-electron chi connectivity index (χ3n) is 2.78. The van der Waals surface area contributed by atoms with Gasteiger partial charge in [0.2, 0.25) is 0 Å². The second-order valence-electron chi connectivity index (χ2n) is 4.08. The van der Waals surface area contributed by atoms with E-state index in [9.17, 15) is 9.50 Å². The van der Waals surface area contributed by atoms with Crippen molar-refractivity contribution in [2.45, 2.75) is 12.5 Å². The average molecular weight is 310 g/mol. The minimum atomic E-state index is -0.804. The number of rotatable bonds is 3. The van der Waals surface area contributed by atoms with E-state index in [-0.39, 0.29) is 12.2 Å². The number of aliphatic hydroxyl groups excluding tert-OH is 1. The number of benzene rings is 2. The number of aliphatic hydroxyl groups is 1. The summed E-state index contributed by atoms with van der Waals surface area (Å²) < 4.78 is 14.3. The third-order valence-corrected chi connectivity index (χ3v) is 3.28. The fourth-order valence-electron chi connectivity index (χ4n) is 1.82. The van der Waals surface area contributed by atoms with Gasteiger partial charge < -0.3 is 10.8 Å². The van der Waals surface area contributed by atoms with Crippen LogP contribution in [0, 0.1) is 5.82 Å². The predicted molar refractivity (Wildman–Crippen MR) is 73.6 cm³/mol. The summed E-state index contributed by atoms with van der Waals surface area (Å²) >= 11 is 3.20. The Hall–Kier alpha value is -1.39. The Morgan fingerprint density at radius 2 is 1.94 bits per heavy atom. The maximum absolute atomic E-state index is 13.7. The van der Waals surface area contributed by atoms with Crippen LogP contribution < -0.4 is 5.73 Å². The molecule has 1 unspecified atom stereocenters. The van der Waals surface area contributed by atoms with Gasteiger partial charge in [-0.2, -0.15) is 0 Å². The van der Waals surface area contributed by atoms with E-state index in [0.717, 1.165) is 0 Å². The van der Waals surface area contributed by atoms with Gasteiger partial charge in [-0.1, -0.05) is 40.2 Å². The number of hydrogen-bond donors (Lipinski definition) is 2. The molecule has 0 fully saturated rings. The highest BCUT2D eigenvalue weighted by Gasteiger charge is 2.13. The molecule has 0 saturated carbocycles. The number of nitrogen functional groups attached to an aromatic ring is 1. The molecule has 0 aliphatic rings. The second-order valence-corrected chi connectivity index (χ2v) is 5.00. The SMILES string of the molecule is Nc1ccccc1C(O)Cc1ccc(Br)cc1F. The van der Waals surface area contributed by atoms with Crippen molar-refractivity contribution >= 4 is 21.6 Å². The summed E-state index contributed by atoms with van der Waals surface area (Å²) in [6.07, 6.45) is -0.602. The average Bonchev–Trinajstić information content (AvgIpc) is 2.33. The van der Waals surface area contributed by atoms with Crippen molar-refractivity contribution in [3.8, 4) is 0 Å². The van der Waals surface area contributed by atoms with E-state index in [1.165, 1.54) is 6.07 Å². The van der Waals surface area contributed by atoms with Gasteiger partial charge in [0.25, 0.3) is 0 Å². The molecule has 0 spiro atoms. The standard InChI is InChI=1S/C14H13BrFNO/c15-10-6-5-9(12(16)8-10)7-14(18)11-3-1-2-4-13(11)17/h1-6,8,14,18H,7,17H2. The predicted octanol–water partition coefficient (Wildman–Crippen LogP) is 3.45. The maximum Gasteiger partial charge on any atom is 0.127 e. The minimum Gasteiger partial charge on any atom is -0.398 e. The largest absolute Gasteiger partial charge is 0.398 e. The van der Waals surface area contributed by atoms with Crippen molar-refractivity contribution in [3.63, 3.8) is 0 Å². The van der Waals surface area contributed by atoms with E-state index in [0.29, 0.717) is 21.3 Å². The first-order chi connectivity index (χ1) is 8.58. The van der Waals surface area contributed by atoms with Crippen LogP contribution in [0.3, 0.4) is 0 Å². The molecule has 94 valence electrons. The van der Waals surface area contributed by atoms with Crippen molar-refractivity contribution in [2.75, 3.05) is 5.73 Å². The third kappa shape index (κ3) is 2.89. The van der Waals surface area contributed by atoms with Gasteiger partial charge in [0.05, 0.1) is 6.10 Å². The van der Waals surface area contributed by atoms with Gasteiger partial charge in [-0.25, -0.2) is 4.39 Å². The molecule has 3 N–H and O–H groups in total. The van der Waals surface area contributed by atoms with Crippen LogP contribution in [0.4, 0.5) is 10.1 Å².